The van der Waals surface area contributed by atoms with E-state index >= 15 is 0 Å². The topological polar surface area (TPSA) is 89.5 Å². The summed E-state index contributed by atoms with van der Waals surface area (Å²) in [5.74, 6) is -1.10. The van der Waals surface area contributed by atoms with Crippen molar-refractivity contribution in [1.29, 1.82) is 0 Å². The molecular formula is C19H22O8S. The van der Waals surface area contributed by atoms with Gasteiger partial charge >= 0.3 is 17.2 Å². The lowest BCUT2D eigenvalue weighted by Crippen LogP contribution is -2.65. The normalized spacial score (nSPS) is 31.3. The summed E-state index contributed by atoms with van der Waals surface area (Å²) in [4.78, 5) is 23.3. The summed E-state index contributed by atoms with van der Waals surface area (Å²) in [5, 5.41) is -0.0845. The zero-order valence-electron chi connectivity index (χ0n) is 15.7. The smallest absolute Gasteiger partial charge is 0.353 e. The third-order valence-electron chi connectivity index (χ3n) is 4.57. The first-order chi connectivity index (χ1) is 13.4. The van der Waals surface area contributed by atoms with Crippen molar-refractivity contribution in [2.24, 2.45) is 0 Å². The fraction of sp³-hybridized carbons (Fsp3) is 0.526. The molecule has 1 aliphatic heterocycles. The molecule has 1 aromatic rings. The van der Waals surface area contributed by atoms with Gasteiger partial charge in [0.1, 0.15) is 12.2 Å². The SMILES string of the molecule is CO[C@@H]1[C@H](OCc2ccccc2)[C@H]2OC(=S)O[C@H]2[C@H](OC(C)=O)[C@H]1OC(C)=O. The van der Waals surface area contributed by atoms with Crippen LogP contribution in [0.15, 0.2) is 30.3 Å². The number of hydrogen-bond acceptors (Lipinski definition) is 9. The Morgan fingerprint density at radius 3 is 2.07 bits per heavy atom. The van der Waals surface area contributed by atoms with Crippen LogP contribution in [0.3, 0.4) is 0 Å². The van der Waals surface area contributed by atoms with Crippen molar-refractivity contribution >= 4 is 29.4 Å². The Bertz CT molecular complexity index is 724. The summed E-state index contributed by atoms with van der Waals surface area (Å²) in [6.45, 7) is 2.80. The van der Waals surface area contributed by atoms with Crippen molar-refractivity contribution in [3.63, 3.8) is 0 Å². The second-order valence-electron chi connectivity index (χ2n) is 6.52. The maximum atomic E-state index is 11.7. The second-order valence-corrected chi connectivity index (χ2v) is 6.86. The van der Waals surface area contributed by atoms with Crippen LogP contribution in [0.1, 0.15) is 19.4 Å². The highest BCUT2D eigenvalue weighted by Crippen LogP contribution is 2.37. The molecule has 1 saturated carbocycles. The predicted octanol–water partition coefficient (Wildman–Crippen LogP) is 1.53. The predicted molar refractivity (Wildman–Crippen MR) is 99.3 cm³/mol. The van der Waals surface area contributed by atoms with Gasteiger partial charge in [-0.2, -0.15) is 0 Å². The van der Waals surface area contributed by atoms with E-state index < -0.39 is 48.6 Å². The molecule has 0 spiro atoms. The Hall–Kier alpha value is -2.23. The zero-order valence-corrected chi connectivity index (χ0v) is 16.5. The van der Waals surface area contributed by atoms with E-state index in [-0.39, 0.29) is 11.8 Å². The van der Waals surface area contributed by atoms with Gasteiger partial charge in [0.15, 0.2) is 24.4 Å². The van der Waals surface area contributed by atoms with E-state index in [1.165, 1.54) is 21.0 Å². The lowest BCUT2D eigenvalue weighted by atomic mass is 9.84. The third kappa shape index (κ3) is 4.43. The van der Waals surface area contributed by atoms with E-state index in [9.17, 15) is 9.59 Å². The summed E-state index contributed by atoms with van der Waals surface area (Å²) in [6, 6.07) is 9.55. The maximum absolute atomic E-state index is 11.7. The molecule has 1 saturated heterocycles. The van der Waals surface area contributed by atoms with Crippen LogP contribution in [0.4, 0.5) is 0 Å². The van der Waals surface area contributed by atoms with Crippen molar-refractivity contribution in [1.82, 2.24) is 0 Å². The van der Waals surface area contributed by atoms with Crippen molar-refractivity contribution in [2.75, 3.05) is 7.11 Å². The zero-order chi connectivity index (χ0) is 20.3. The van der Waals surface area contributed by atoms with Gasteiger partial charge < -0.3 is 28.4 Å². The first kappa shape index (κ1) is 20.5. The van der Waals surface area contributed by atoms with Gasteiger partial charge in [0.25, 0.3) is 0 Å². The Kier molecular flexibility index (Phi) is 6.48. The number of rotatable bonds is 6. The number of ether oxygens (including phenoxy) is 6. The summed E-state index contributed by atoms with van der Waals surface area (Å²) in [7, 11) is 1.46. The fourth-order valence-electron chi connectivity index (χ4n) is 3.52. The van der Waals surface area contributed by atoms with Gasteiger partial charge in [0, 0.05) is 33.2 Å². The molecule has 28 heavy (non-hydrogen) atoms. The molecule has 0 N–H and O–H groups in total. The van der Waals surface area contributed by atoms with Crippen LogP contribution in [-0.4, -0.2) is 60.9 Å². The molecule has 0 unspecified atom stereocenters. The van der Waals surface area contributed by atoms with Gasteiger partial charge in [-0.3, -0.25) is 9.59 Å². The summed E-state index contributed by atoms with van der Waals surface area (Å²) >= 11 is 5.04. The lowest BCUT2D eigenvalue weighted by Gasteiger charge is -2.44. The van der Waals surface area contributed by atoms with E-state index in [0.29, 0.717) is 0 Å². The fourth-order valence-corrected chi connectivity index (χ4v) is 3.74. The Labute approximate surface area is 168 Å². The van der Waals surface area contributed by atoms with Gasteiger partial charge in [-0.05, 0) is 5.56 Å². The molecular weight excluding hydrogens is 388 g/mol. The molecule has 0 bridgehead atoms. The Balaban J connectivity index is 1.89. The third-order valence-corrected chi connectivity index (χ3v) is 4.76. The number of fused-ring (bicyclic) bond motifs is 1. The van der Waals surface area contributed by atoms with Crippen molar-refractivity contribution in [2.45, 2.75) is 57.1 Å². The number of hydrogen-bond donors (Lipinski definition) is 0. The summed E-state index contributed by atoms with van der Waals surface area (Å²) in [5.41, 5.74) is 0.946. The van der Waals surface area contributed by atoms with E-state index in [0.717, 1.165) is 5.56 Å². The average Bonchev–Trinajstić information content (AvgIpc) is 3.03. The standard InChI is InChI=1S/C19H22O8S/c1-10(20)24-15-13(22-3)14(23-9-12-7-5-4-6-8-12)16-18(27-19(28)26-16)17(15)25-11(2)21/h4-8,13-18H,9H2,1-3H3/t13-,14+,15+,16-,17-,18-/m1/s1. The highest BCUT2D eigenvalue weighted by molar-refractivity contribution is 7.79. The minimum Gasteiger partial charge on any atom is -0.456 e. The molecule has 9 heteroatoms. The number of benzene rings is 1. The number of methoxy groups -OCH3 is 1. The van der Waals surface area contributed by atoms with Crippen LogP contribution in [0.2, 0.25) is 0 Å². The summed E-state index contributed by atoms with van der Waals surface area (Å²) < 4.78 is 33.7. The molecule has 152 valence electrons. The maximum Gasteiger partial charge on any atom is 0.353 e. The van der Waals surface area contributed by atoms with Gasteiger partial charge in [-0.1, -0.05) is 30.3 Å². The van der Waals surface area contributed by atoms with Crippen LogP contribution in [-0.2, 0) is 44.6 Å². The first-order valence-electron chi connectivity index (χ1n) is 8.80. The molecule has 0 amide bonds. The van der Waals surface area contributed by atoms with Crippen LogP contribution in [0, 0.1) is 0 Å². The lowest BCUT2D eigenvalue weighted by molar-refractivity contribution is -0.235. The second kappa shape index (κ2) is 8.85. The van der Waals surface area contributed by atoms with Crippen LogP contribution < -0.4 is 0 Å². The average molecular weight is 410 g/mol. The molecule has 0 radical (unpaired) electrons. The number of thiocarbonyl (C=S) groups is 1. The van der Waals surface area contributed by atoms with Crippen LogP contribution in [0.25, 0.3) is 0 Å². The van der Waals surface area contributed by atoms with E-state index in [1.54, 1.807) is 0 Å². The van der Waals surface area contributed by atoms with Gasteiger partial charge in [0.2, 0.25) is 0 Å². The molecule has 1 heterocycles. The quantitative estimate of drug-likeness (QED) is 0.512. The Morgan fingerprint density at radius 1 is 0.929 bits per heavy atom. The minimum absolute atomic E-state index is 0.0845. The monoisotopic (exact) mass is 410 g/mol. The van der Waals surface area contributed by atoms with Crippen LogP contribution >= 0.6 is 12.2 Å². The minimum atomic E-state index is -0.951. The number of carbonyl (C=O) groups is 2. The van der Waals surface area contributed by atoms with Gasteiger partial charge in [0.05, 0.1) is 6.61 Å². The van der Waals surface area contributed by atoms with Crippen molar-refractivity contribution < 1.29 is 38.0 Å². The van der Waals surface area contributed by atoms with E-state index in [2.05, 4.69) is 0 Å². The Morgan fingerprint density at radius 2 is 1.50 bits per heavy atom. The van der Waals surface area contributed by atoms with E-state index in [4.69, 9.17) is 40.6 Å². The molecule has 3 rings (SSSR count). The number of esters is 2. The van der Waals surface area contributed by atoms with Gasteiger partial charge in [-0.15, -0.1) is 0 Å². The molecule has 1 aromatic carbocycles. The largest absolute Gasteiger partial charge is 0.456 e. The molecule has 2 fully saturated rings. The van der Waals surface area contributed by atoms with Crippen molar-refractivity contribution in [3.05, 3.63) is 35.9 Å². The van der Waals surface area contributed by atoms with Crippen molar-refractivity contribution in [3.8, 4) is 0 Å². The van der Waals surface area contributed by atoms with E-state index in [1.807, 2.05) is 30.3 Å². The molecule has 1 aliphatic carbocycles. The molecule has 8 nitrogen and oxygen atoms in total. The molecule has 2 aliphatic rings. The highest BCUT2D eigenvalue weighted by Gasteiger charge is 2.60. The molecule has 6 atom stereocenters. The first-order valence-corrected chi connectivity index (χ1v) is 9.21. The van der Waals surface area contributed by atoms with Crippen LogP contribution in [0.5, 0.6) is 0 Å². The number of carbonyl (C=O) groups excluding carboxylic acids is 2. The highest BCUT2D eigenvalue weighted by atomic mass is 32.1. The van der Waals surface area contributed by atoms with Gasteiger partial charge in [-0.25, -0.2) is 0 Å². The molecule has 0 aromatic heterocycles. The summed E-state index contributed by atoms with van der Waals surface area (Å²) in [6.07, 6.45) is -4.80.